The van der Waals surface area contributed by atoms with E-state index in [1.54, 1.807) is 19.4 Å². The molecule has 0 aliphatic carbocycles. The fraction of sp³-hybridized carbons (Fsp3) is 0.286. The molecule has 1 aromatic carbocycles. The van der Waals surface area contributed by atoms with Crippen molar-refractivity contribution in [1.29, 1.82) is 0 Å². The highest BCUT2D eigenvalue weighted by molar-refractivity contribution is 5.54. The van der Waals surface area contributed by atoms with Gasteiger partial charge in [-0.3, -0.25) is 0 Å². The van der Waals surface area contributed by atoms with Crippen LogP contribution in [0.5, 0.6) is 5.88 Å². The largest absolute Gasteiger partial charge is 0.481 e. The minimum absolute atomic E-state index is 0.507. The van der Waals surface area contributed by atoms with E-state index in [0.29, 0.717) is 25.0 Å². The number of aromatic nitrogens is 2. The van der Waals surface area contributed by atoms with Gasteiger partial charge in [-0.05, 0) is 24.6 Å². The predicted molar refractivity (Wildman–Crippen MR) is 73.6 cm³/mol. The standard InChI is InChI=1S/C14H17N3O2/c1-3-19-10-11-5-4-6-12(9-11)16-14-15-8-7-13(17-14)18-2/h4-9H,3,10H2,1-2H3,(H,15,16,17). The van der Waals surface area contributed by atoms with E-state index in [1.165, 1.54) is 0 Å². The molecule has 1 aromatic heterocycles. The van der Waals surface area contributed by atoms with Gasteiger partial charge in [0, 0.05) is 24.6 Å². The van der Waals surface area contributed by atoms with E-state index in [4.69, 9.17) is 9.47 Å². The number of ether oxygens (including phenoxy) is 2. The first kappa shape index (κ1) is 13.3. The third-order valence-electron chi connectivity index (χ3n) is 2.50. The minimum atomic E-state index is 0.507. The molecule has 0 aliphatic rings. The Hall–Kier alpha value is -2.14. The van der Waals surface area contributed by atoms with Crippen molar-refractivity contribution in [1.82, 2.24) is 9.97 Å². The molecule has 100 valence electrons. The molecule has 5 nitrogen and oxygen atoms in total. The highest BCUT2D eigenvalue weighted by Crippen LogP contribution is 2.16. The first-order valence-electron chi connectivity index (χ1n) is 6.12. The lowest BCUT2D eigenvalue weighted by atomic mass is 10.2. The number of hydrogen-bond donors (Lipinski definition) is 1. The normalized spacial score (nSPS) is 10.2. The highest BCUT2D eigenvalue weighted by Gasteiger charge is 2.01. The predicted octanol–water partition coefficient (Wildman–Crippen LogP) is 2.77. The van der Waals surface area contributed by atoms with E-state index in [2.05, 4.69) is 15.3 Å². The molecule has 0 aliphatic heterocycles. The van der Waals surface area contributed by atoms with Gasteiger partial charge in [-0.1, -0.05) is 12.1 Å². The van der Waals surface area contributed by atoms with Crippen LogP contribution in [0.1, 0.15) is 12.5 Å². The van der Waals surface area contributed by atoms with Gasteiger partial charge < -0.3 is 14.8 Å². The Morgan fingerprint density at radius 2 is 2.16 bits per heavy atom. The molecule has 0 unspecified atom stereocenters. The molecule has 5 heteroatoms. The van der Waals surface area contributed by atoms with E-state index < -0.39 is 0 Å². The van der Waals surface area contributed by atoms with Gasteiger partial charge in [0.05, 0.1) is 13.7 Å². The van der Waals surface area contributed by atoms with Crippen LogP contribution >= 0.6 is 0 Å². The molecule has 1 heterocycles. The SMILES string of the molecule is CCOCc1cccc(Nc2nccc(OC)n2)c1. The van der Waals surface area contributed by atoms with Crippen molar-refractivity contribution in [2.24, 2.45) is 0 Å². The van der Waals surface area contributed by atoms with Gasteiger partial charge >= 0.3 is 0 Å². The summed E-state index contributed by atoms with van der Waals surface area (Å²) in [5.41, 5.74) is 2.03. The van der Waals surface area contributed by atoms with Crippen molar-refractivity contribution in [3.05, 3.63) is 42.1 Å². The van der Waals surface area contributed by atoms with Crippen molar-refractivity contribution in [2.75, 3.05) is 19.0 Å². The van der Waals surface area contributed by atoms with Crippen molar-refractivity contribution in [3.63, 3.8) is 0 Å². The number of nitrogens with zero attached hydrogens (tertiary/aromatic N) is 2. The maximum atomic E-state index is 5.38. The van der Waals surface area contributed by atoms with Crippen LogP contribution in [0, 0.1) is 0 Å². The van der Waals surface area contributed by atoms with Crippen molar-refractivity contribution in [2.45, 2.75) is 13.5 Å². The Morgan fingerprint density at radius 3 is 2.95 bits per heavy atom. The van der Waals surface area contributed by atoms with Crippen molar-refractivity contribution in [3.8, 4) is 5.88 Å². The molecule has 19 heavy (non-hydrogen) atoms. The van der Waals surface area contributed by atoms with Crippen LogP contribution in [0.3, 0.4) is 0 Å². The van der Waals surface area contributed by atoms with Crippen molar-refractivity contribution >= 4 is 11.6 Å². The Kier molecular flexibility index (Phi) is 4.69. The lowest BCUT2D eigenvalue weighted by Gasteiger charge is -2.08. The van der Waals surface area contributed by atoms with Gasteiger partial charge in [-0.25, -0.2) is 4.98 Å². The van der Waals surface area contributed by atoms with Gasteiger partial charge in [0.25, 0.3) is 0 Å². The Labute approximate surface area is 112 Å². The van der Waals surface area contributed by atoms with Gasteiger partial charge in [0.1, 0.15) is 0 Å². The van der Waals surface area contributed by atoms with E-state index in [-0.39, 0.29) is 0 Å². The Balaban J connectivity index is 2.09. The summed E-state index contributed by atoms with van der Waals surface area (Å²) < 4.78 is 10.4. The first-order valence-corrected chi connectivity index (χ1v) is 6.12. The fourth-order valence-corrected chi connectivity index (χ4v) is 1.60. The Bertz CT molecular complexity index is 532. The zero-order valence-corrected chi connectivity index (χ0v) is 11.1. The molecule has 0 bridgehead atoms. The third-order valence-corrected chi connectivity index (χ3v) is 2.50. The van der Waals surface area contributed by atoms with Gasteiger partial charge in [0.15, 0.2) is 0 Å². The summed E-state index contributed by atoms with van der Waals surface area (Å²) in [7, 11) is 1.58. The number of nitrogens with one attached hydrogen (secondary N) is 1. The summed E-state index contributed by atoms with van der Waals surface area (Å²) in [5, 5.41) is 3.14. The maximum Gasteiger partial charge on any atom is 0.230 e. The lowest BCUT2D eigenvalue weighted by molar-refractivity contribution is 0.134. The molecule has 1 N–H and O–H groups in total. The van der Waals surface area contributed by atoms with E-state index in [9.17, 15) is 0 Å². The van der Waals surface area contributed by atoms with Crippen LogP contribution in [-0.2, 0) is 11.3 Å². The molecular formula is C14H17N3O2. The molecule has 0 saturated carbocycles. The number of hydrogen-bond acceptors (Lipinski definition) is 5. The molecule has 0 radical (unpaired) electrons. The van der Waals surface area contributed by atoms with Crippen LogP contribution in [0.15, 0.2) is 36.5 Å². The zero-order chi connectivity index (χ0) is 13.5. The third kappa shape index (κ3) is 3.93. The van der Waals surface area contributed by atoms with Crippen LogP contribution in [0.2, 0.25) is 0 Å². The monoisotopic (exact) mass is 259 g/mol. The molecule has 0 atom stereocenters. The molecular weight excluding hydrogens is 242 g/mol. The highest BCUT2D eigenvalue weighted by atomic mass is 16.5. The summed E-state index contributed by atoms with van der Waals surface area (Å²) in [5.74, 6) is 1.04. The number of anilines is 2. The Morgan fingerprint density at radius 1 is 1.26 bits per heavy atom. The van der Waals surface area contributed by atoms with Crippen LogP contribution in [-0.4, -0.2) is 23.7 Å². The number of benzene rings is 1. The van der Waals surface area contributed by atoms with Gasteiger partial charge in [-0.15, -0.1) is 0 Å². The average Bonchev–Trinajstić information content (AvgIpc) is 2.46. The minimum Gasteiger partial charge on any atom is -0.481 e. The molecule has 2 rings (SSSR count). The lowest BCUT2D eigenvalue weighted by Crippen LogP contribution is -1.99. The average molecular weight is 259 g/mol. The summed E-state index contributed by atoms with van der Waals surface area (Å²) in [4.78, 5) is 8.34. The number of rotatable bonds is 6. The first-order chi connectivity index (χ1) is 9.31. The van der Waals surface area contributed by atoms with Crippen LogP contribution in [0.25, 0.3) is 0 Å². The van der Waals surface area contributed by atoms with E-state index >= 15 is 0 Å². The summed E-state index contributed by atoms with van der Waals surface area (Å²) in [6.07, 6.45) is 1.65. The van der Waals surface area contributed by atoms with E-state index in [1.807, 2.05) is 31.2 Å². The van der Waals surface area contributed by atoms with Crippen LogP contribution < -0.4 is 10.1 Å². The quantitative estimate of drug-likeness (QED) is 0.864. The fourth-order valence-electron chi connectivity index (χ4n) is 1.60. The van der Waals surface area contributed by atoms with Crippen molar-refractivity contribution < 1.29 is 9.47 Å². The second kappa shape index (κ2) is 6.70. The van der Waals surface area contributed by atoms with Gasteiger partial charge in [0.2, 0.25) is 11.8 Å². The molecule has 0 amide bonds. The molecule has 0 spiro atoms. The summed E-state index contributed by atoms with van der Waals surface area (Å²) in [6.45, 7) is 3.29. The molecule has 0 saturated heterocycles. The van der Waals surface area contributed by atoms with Gasteiger partial charge in [-0.2, -0.15) is 4.98 Å². The summed E-state index contributed by atoms with van der Waals surface area (Å²) >= 11 is 0. The summed E-state index contributed by atoms with van der Waals surface area (Å²) in [6, 6.07) is 9.66. The second-order valence-corrected chi connectivity index (χ2v) is 3.89. The topological polar surface area (TPSA) is 56.3 Å². The van der Waals surface area contributed by atoms with E-state index in [0.717, 1.165) is 11.3 Å². The smallest absolute Gasteiger partial charge is 0.230 e. The maximum absolute atomic E-state index is 5.38. The molecule has 0 fully saturated rings. The zero-order valence-electron chi connectivity index (χ0n) is 11.1. The molecule has 2 aromatic rings. The van der Waals surface area contributed by atoms with Crippen LogP contribution in [0.4, 0.5) is 11.6 Å². The number of methoxy groups -OCH3 is 1. The second-order valence-electron chi connectivity index (χ2n) is 3.89.